The van der Waals surface area contributed by atoms with Crippen LogP contribution in [0.4, 0.5) is 0 Å². The highest BCUT2D eigenvalue weighted by Crippen LogP contribution is 2.32. The molecule has 1 N–H and O–H groups in total. The van der Waals surface area contributed by atoms with E-state index in [2.05, 4.69) is 16.9 Å². The first-order valence-electron chi connectivity index (χ1n) is 8.94. The van der Waals surface area contributed by atoms with Gasteiger partial charge in [0.15, 0.2) is 0 Å². The van der Waals surface area contributed by atoms with Gasteiger partial charge in [-0.3, -0.25) is 9.59 Å². The van der Waals surface area contributed by atoms with E-state index in [1.807, 2.05) is 23.1 Å². The third kappa shape index (κ3) is 2.72. The quantitative estimate of drug-likeness (QED) is 0.939. The van der Waals surface area contributed by atoms with Crippen molar-refractivity contribution in [3.63, 3.8) is 0 Å². The average molecular weight is 325 g/mol. The van der Waals surface area contributed by atoms with Crippen LogP contribution in [-0.2, 0) is 11.2 Å². The van der Waals surface area contributed by atoms with Crippen molar-refractivity contribution >= 4 is 16.8 Å². The van der Waals surface area contributed by atoms with Gasteiger partial charge in [-0.05, 0) is 42.9 Å². The minimum atomic E-state index is -0.102. The Bertz CT molecular complexity index is 838. The van der Waals surface area contributed by atoms with Gasteiger partial charge in [-0.15, -0.1) is 0 Å². The third-order valence-electron chi connectivity index (χ3n) is 5.50. The maximum atomic E-state index is 12.4. The summed E-state index contributed by atoms with van der Waals surface area (Å²) in [5.41, 5.74) is 1.75. The molecule has 0 spiro atoms. The van der Waals surface area contributed by atoms with E-state index in [-0.39, 0.29) is 17.4 Å². The van der Waals surface area contributed by atoms with Crippen molar-refractivity contribution in [2.45, 2.75) is 44.9 Å². The number of nitrogens with one attached hydrogen (secondary N) is 1. The number of carbonyl (C=O) groups excluding carboxylic acids is 1. The molecule has 1 aliphatic heterocycles. The van der Waals surface area contributed by atoms with E-state index in [0.717, 1.165) is 24.0 Å². The Morgan fingerprint density at radius 3 is 2.83 bits per heavy atom. The molecule has 1 amide bonds. The number of H-pyrrole nitrogens is 1. The van der Waals surface area contributed by atoms with Gasteiger partial charge in [0.1, 0.15) is 5.82 Å². The molecular formula is C19H23N3O2. The van der Waals surface area contributed by atoms with Gasteiger partial charge in [0.25, 0.3) is 5.56 Å². The number of aromatic nitrogens is 2. The normalized spacial score (nSPS) is 21.5. The third-order valence-corrected chi connectivity index (χ3v) is 5.50. The lowest BCUT2D eigenvalue weighted by molar-refractivity contribution is -0.128. The number of amides is 1. The lowest BCUT2D eigenvalue weighted by Gasteiger charge is -2.30. The molecule has 1 saturated carbocycles. The van der Waals surface area contributed by atoms with Gasteiger partial charge in [0.2, 0.25) is 5.91 Å². The second-order valence-corrected chi connectivity index (χ2v) is 7.15. The van der Waals surface area contributed by atoms with Crippen LogP contribution >= 0.6 is 0 Å². The summed E-state index contributed by atoms with van der Waals surface area (Å²) in [4.78, 5) is 34.2. The minimum Gasteiger partial charge on any atom is -0.342 e. The number of aromatic amines is 1. The van der Waals surface area contributed by atoms with Gasteiger partial charge in [-0.1, -0.05) is 19.4 Å². The number of likely N-dealkylation sites (tertiary alicyclic amines) is 1. The molecule has 1 atom stereocenters. The summed E-state index contributed by atoms with van der Waals surface area (Å²) in [6.45, 7) is 3.61. The van der Waals surface area contributed by atoms with Crippen LogP contribution in [0.1, 0.15) is 49.9 Å². The lowest BCUT2D eigenvalue weighted by atomic mass is 9.85. The molecule has 2 aliphatic rings. The molecule has 126 valence electrons. The van der Waals surface area contributed by atoms with Crippen LogP contribution in [0, 0.1) is 5.92 Å². The Labute approximate surface area is 141 Å². The van der Waals surface area contributed by atoms with Crippen molar-refractivity contribution in [1.82, 2.24) is 14.9 Å². The highest BCUT2D eigenvalue weighted by molar-refractivity contribution is 5.80. The Kier molecular flexibility index (Phi) is 3.87. The zero-order valence-electron chi connectivity index (χ0n) is 14.0. The highest BCUT2D eigenvalue weighted by atomic mass is 16.2. The minimum absolute atomic E-state index is 0.000489. The maximum Gasteiger partial charge on any atom is 0.258 e. The summed E-state index contributed by atoms with van der Waals surface area (Å²) >= 11 is 0. The molecule has 1 saturated heterocycles. The molecule has 5 nitrogen and oxygen atoms in total. The number of benzene rings is 1. The Hall–Kier alpha value is -2.17. The van der Waals surface area contributed by atoms with E-state index in [4.69, 9.17) is 0 Å². The SMILES string of the molecule is CCc1ccc2nc([C@@H]3CC(=O)N(CC4CCC4)C3)[nH]c(=O)c2c1. The summed E-state index contributed by atoms with van der Waals surface area (Å²) < 4.78 is 0. The zero-order chi connectivity index (χ0) is 16.7. The van der Waals surface area contributed by atoms with Gasteiger partial charge in [0, 0.05) is 25.4 Å². The van der Waals surface area contributed by atoms with Crippen LogP contribution in [0.3, 0.4) is 0 Å². The predicted molar refractivity (Wildman–Crippen MR) is 93.0 cm³/mol. The maximum absolute atomic E-state index is 12.4. The van der Waals surface area contributed by atoms with Gasteiger partial charge < -0.3 is 9.88 Å². The highest BCUT2D eigenvalue weighted by Gasteiger charge is 2.34. The molecule has 4 rings (SSSR count). The van der Waals surface area contributed by atoms with E-state index < -0.39 is 0 Å². The van der Waals surface area contributed by atoms with E-state index in [1.165, 1.54) is 19.3 Å². The molecule has 1 aromatic heterocycles. The fraction of sp³-hybridized carbons (Fsp3) is 0.526. The van der Waals surface area contributed by atoms with Gasteiger partial charge in [-0.25, -0.2) is 4.98 Å². The number of fused-ring (bicyclic) bond motifs is 1. The average Bonchev–Trinajstić information content (AvgIpc) is 2.91. The van der Waals surface area contributed by atoms with E-state index in [0.29, 0.717) is 30.1 Å². The van der Waals surface area contributed by atoms with Gasteiger partial charge >= 0.3 is 0 Å². The van der Waals surface area contributed by atoms with Crippen LogP contribution in [0.5, 0.6) is 0 Å². The fourth-order valence-electron chi connectivity index (χ4n) is 3.74. The zero-order valence-corrected chi connectivity index (χ0v) is 14.0. The van der Waals surface area contributed by atoms with Crippen LogP contribution in [0.15, 0.2) is 23.0 Å². The number of hydrogen-bond acceptors (Lipinski definition) is 3. The van der Waals surface area contributed by atoms with Gasteiger partial charge in [-0.2, -0.15) is 0 Å². The molecule has 2 aromatic rings. The second kappa shape index (κ2) is 6.04. The fourth-order valence-corrected chi connectivity index (χ4v) is 3.74. The largest absolute Gasteiger partial charge is 0.342 e. The number of aryl methyl sites for hydroxylation is 1. The summed E-state index contributed by atoms with van der Waals surface area (Å²) in [7, 11) is 0. The van der Waals surface area contributed by atoms with E-state index in [9.17, 15) is 9.59 Å². The molecule has 0 bridgehead atoms. The Morgan fingerprint density at radius 2 is 2.12 bits per heavy atom. The molecule has 0 unspecified atom stereocenters. The van der Waals surface area contributed by atoms with Crippen molar-refractivity contribution in [3.8, 4) is 0 Å². The number of rotatable bonds is 4. The molecule has 2 heterocycles. The molecular weight excluding hydrogens is 302 g/mol. The van der Waals surface area contributed by atoms with Crippen LogP contribution in [0.25, 0.3) is 10.9 Å². The van der Waals surface area contributed by atoms with Crippen molar-refractivity contribution in [3.05, 3.63) is 39.9 Å². The molecule has 5 heteroatoms. The monoisotopic (exact) mass is 325 g/mol. The van der Waals surface area contributed by atoms with Crippen LogP contribution in [0.2, 0.25) is 0 Å². The number of nitrogens with zero attached hydrogens (tertiary/aromatic N) is 2. The lowest BCUT2D eigenvalue weighted by Crippen LogP contribution is -2.33. The predicted octanol–water partition coefficient (Wildman–Crippen LogP) is 2.60. The van der Waals surface area contributed by atoms with Crippen molar-refractivity contribution in [1.29, 1.82) is 0 Å². The van der Waals surface area contributed by atoms with Crippen LogP contribution < -0.4 is 5.56 Å². The summed E-state index contributed by atoms with van der Waals surface area (Å²) in [5.74, 6) is 1.52. The smallest absolute Gasteiger partial charge is 0.258 e. The summed E-state index contributed by atoms with van der Waals surface area (Å²) in [5, 5.41) is 0.633. The van der Waals surface area contributed by atoms with Crippen LogP contribution in [-0.4, -0.2) is 33.9 Å². The molecule has 0 radical (unpaired) electrons. The summed E-state index contributed by atoms with van der Waals surface area (Å²) in [6.07, 6.45) is 5.10. The topological polar surface area (TPSA) is 66.1 Å². The second-order valence-electron chi connectivity index (χ2n) is 7.15. The summed E-state index contributed by atoms with van der Waals surface area (Å²) in [6, 6.07) is 5.84. The number of hydrogen-bond donors (Lipinski definition) is 1. The Morgan fingerprint density at radius 1 is 1.29 bits per heavy atom. The Balaban J connectivity index is 1.60. The van der Waals surface area contributed by atoms with Crippen molar-refractivity contribution < 1.29 is 4.79 Å². The van der Waals surface area contributed by atoms with Gasteiger partial charge in [0.05, 0.1) is 10.9 Å². The number of carbonyl (C=O) groups is 1. The molecule has 2 fully saturated rings. The first-order valence-corrected chi connectivity index (χ1v) is 8.94. The standard InChI is InChI=1S/C19H23N3O2/c1-2-12-6-7-16-15(8-12)19(24)21-18(20-16)14-9-17(23)22(11-14)10-13-4-3-5-13/h6-8,13-14H,2-5,9-11H2,1H3,(H,20,21,24)/t14-/m1/s1. The van der Waals surface area contributed by atoms with Crippen molar-refractivity contribution in [2.75, 3.05) is 13.1 Å². The molecule has 1 aliphatic carbocycles. The first kappa shape index (κ1) is 15.4. The van der Waals surface area contributed by atoms with Crippen molar-refractivity contribution in [2.24, 2.45) is 5.92 Å². The molecule has 24 heavy (non-hydrogen) atoms. The van der Waals surface area contributed by atoms with E-state index in [1.54, 1.807) is 0 Å². The first-order chi connectivity index (χ1) is 11.6. The molecule has 1 aromatic carbocycles. The van der Waals surface area contributed by atoms with E-state index >= 15 is 0 Å².